The molecule has 0 atom stereocenters. The maximum Gasteiger partial charge on any atom is 0.325 e. The van der Waals surface area contributed by atoms with Crippen molar-refractivity contribution in [3.63, 3.8) is 0 Å². The Hall–Kier alpha value is -3.10. The number of carbonyl (C=O) groups excluding carboxylic acids is 4. The molecule has 0 fully saturated rings. The highest BCUT2D eigenvalue weighted by Gasteiger charge is 2.11. The molecule has 9 heteroatoms. The molecule has 0 aliphatic heterocycles. The number of imide groups is 1. The number of hydrogen-bond donors (Lipinski definition) is 3. The van der Waals surface area contributed by atoms with Gasteiger partial charge in [0.2, 0.25) is 0 Å². The first-order valence-electron chi connectivity index (χ1n) is 6.63. The summed E-state index contributed by atoms with van der Waals surface area (Å²) in [6.07, 6.45) is 0. The number of amides is 4. The van der Waals surface area contributed by atoms with E-state index in [-0.39, 0.29) is 6.61 Å². The van der Waals surface area contributed by atoms with Crippen molar-refractivity contribution < 1.29 is 28.7 Å². The van der Waals surface area contributed by atoms with E-state index in [2.05, 4.69) is 15.4 Å². The summed E-state index contributed by atoms with van der Waals surface area (Å²) in [6, 6.07) is 7.99. The summed E-state index contributed by atoms with van der Waals surface area (Å²) in [7, 11) is 1.33. The van der Waals surface area contributed by atoms with Crippen LogP contribution in [-0.4, -0.2) is 50.6 Å². The third-order valence-electron chi connectivity index (χ3n) is 2.39. The monoisotopic (exact) mass is 323 g/mol. The van der Waals surface area contributed by atoms with E-state index in [0.717, 1.165) is 0 Å². The van der Waals surface area contributed by atoms with Gasteiger partial charge < -0.3 is 20.1 Å². The van der Waals surface area contributed by atoms with Crippen LogP contribution in [-0.2, 0) is 19.1 Å². The number of rotatable bonds is 7. The van der Waals surface area contributed by atoms with E-state index in [9.17, 15) is 19.2 Å². The van der Waals surface area contributed by atoms with Gasteiger partial charge in [-0.05, 0) is 12.1 Å². The van der Waals surface area contributed by atoms with E-state index in [1.165, 1.54) is 7.05 Å². The van der Waals surface area contributed by atoms with Crippen LogP contribution in [0.25, 0.3) is 0 Å². The molecule has 0 radical (unpaired) electrons. The van der Waals surface area contributed by atoms with Gasteiger partial charge in [0.05, 0.1) is 0 Å². The maximum absolute atomic E-state index is 11.5. The number of urea groups is 1. The van der Waals surface area contributed by atoms with Gasteiger partial charge in [-0.1, -0.05) is 18.2 Å². The third kappa shape index (κ3) is 8.05. The highest BCUT2D eigenvalue weighted by Crippen LogP contribution is 2.07. The standard InChI is InChI=1S/C14H17N3O6/c1-15-14(21)17-12(19)9-23-13(20)7-16-11(18)8-22-10-5-3-2-4-6-10/h2-6H,7-9H2,1H3,(H,16,18)(H2,15,17,19,21). The summed E-state index contributed by atoms with van der Waals surface area (Å²) < 4.78 is 9.76. The number of benzene rings is 1. The normalized spacial score (nSPS) is 9.43. The molecule has 1 aromatic rings. The van der Waals surface area contributed by atoms with E-state index >= 15 is 0 Å². The van der Waals surface area contributed by atoms with Gasteiger partial charge in [-0.15, -0.1) is 0 Å². The summed E-state index contributed by atoms with van der Waals surface area (Å²) >= 11 is 0. The first kappa shape index (κ1) is 18.0. The predicted octanol–water partition coefficient (Wildman–Crippen LogP) is -0.820. The Kier molecular flexibility index (Phi) is 7.62. The highest BCUT2D eigenvalue weighted by molar-refractivity contribution is 5.95. The van der Waals surface area contributed by atoms with Gasteiger partial charge >= 0.3 is 12.0 Å². The topological polar surface area (TPSA) is 123 Å². The molecule has 4 amide bonds. The van der Waals surface area contributed by atoms with Crippen molar-refractivity contribution in [2.75, 3.05) is 26.8 Å². The van der Waals surface area contributed by atoms with Crippen molar-refractivity contribution in [1.29, 1.82) is 0 Å². The van der Waals surface area contributed by atoms with Gasteiger partial charge in [-0.2, -0.15) is 0 Å². The largest absolute Gasteiger partial charge is 0.484 e. The minimum Gasteiger partial charge on any atom is -0.484 e. The molecule has 1 aromatic carbocycles. The van der Waals surface area contributed by atoms with Crippen LogP contribution in [0.3, 0.4) is 0 Å². The first-order valence-corrected chi connectivity index (χ1v) is 6.63. The van der Waals surface area contributed by atoms with Crippen molar-refractivity contribution >= 4 is 23.8 Å². The Morgan fingerprint density at radius 1 is 1.00 bits per heavy atom. The first-order chi connectivity index (χ1) is 11.0. The van der Waals surface area contributed by atoms with E-state index in [0.29, 0.717) is 5.75 Å². The maximum atomic E-state index is 11.5. The van der Waals surface area contributed by atoms with Crippen molar-refractivity contribution in [3.05, 3.63) is 30.3 Å². The van der Waals surface area contributed by atoms with Gasteiger partial charge in [0.1, 0.15) is 12.3 Å². The fourth-order valence-corrected chi connectivity index (χ4v) is 1.31. The van der Waals surface area contributed by atoms with Crippen LogP contribution >= 0.6 is 0 Å². The quantitative estimate of drug-likeness (QED) is 0.564. The number of carbonyl (C=O) groups is 4. The van der Waals surface area contributed by atoms with Crippen LogP contribution in [0.15, 0.2) is 30.3 Å². The molecule has 124 valence electrons. The lowest BCUT2D eigenvalue weighted by Crippen LogP contribution is -2.40. The molecular weight excluding hydrogens is 306 g/mol. The Bertz CT molecular complexity index is 561. The van der Waals surface area contributed by atoms with E-state index < -0.39 is 37.0 Å². The van der Waals surface area contributed by atoms with Crippen LogP contribution in [0.4, 0.5) is 4.79 Å². The molecule has 0 spiro atoms. The average molecular weight is 323 g/mol. The lowest BCUT2D eigenvalue weighted by molar-refractivity contribution is -0.148. The van der Waals surface area contributed by atoms with Gasteiger partial charge in [-0.25, -0.2) is 4.79 Å². The van der Waals surface area contributed by atoms with E-state index in [1.807, 2.05) is 11.4 Å². The molecule has 0 aliphatic carbocycles. The number of esters is 1. The Labute approximate surface area is 132 Å². The number of ether oxygens (including phenoxy) is 2. The Morgan fingerprint density at radius 2 is 1.70 bits per heavy atom. The Balaban J connectivity index is 2.16. The van der Waals surface area contributed by atoms with Crippen LogP contribution in [0.5, 0.6) is 5.75 Å². The zero-order valence-corrected chi connectivity index (χ0v) is 12.5. The molecule has 0 saturated heterocycles. The number of para-hydroxylation sites is 1. The summed E-state index contributed by atoms with van der Waals surface area (Å²) in [5.74, 6) is -1.58. The molecule has 0 saturated carbocycles. The smallest absolute Gasteiger partial charge is 0.325 e. The molecule has 0 aromatic heterocycles. The van der Waals surface area contributed by atoms with Crippen molar-refractivity contribution in [2.45, 2.75) is 0 Å². The van der Waals surface area contributed by atoms with Crippen LogP contribution in [0.2, 0.25) is 0 Å². The van der Waals surface area contributed by atoms with Gasteiger partial charge in [0, 0.05) is 7.05 Å². The molecule has 0 unspecified atom stereocenters. The predicted molar refractivity (Wildman–Crippen MR) is 78.5 cm³/mol. The second-order valence-electron chi connectivity index (χ2n) is 4.17. The van der Waals surface area contributed by atoms with E-state index in [4.69, 9.17) is 4.74 Å². The second-order valence-corrected chi connectivity index (χ2v) is 4.17. The van der Waals surface area contributed by atoms with Crippen LogP contribution in [0.1, 0.15) is 0 Å². The summed E-state index contributed by atoms with van der Waals surface area (Å²) in [6.45, 7) is -1.29. The minimum atomic E-state index is -0.815. The zero-order valence-electron chi connectivity index (χ0n) is 12.5. The van der Waals surface area contributed by atoms with Crippen molar-refractivity contribution in [3.8, 4) is 5.75 Å². The van der Waals surface area contributed by atoms with Gasteiger partial charge in [0.25, 0.3) is 11.8 Å². The molecule has 23 heavy (non-hydrogen) atoms. The molecule has 3 N–H and O–H groups in total. The molecule has 0 bridgehead atoms. The minimum absolute atomic E-state index is 0.256. The van der Waals surface area contributed by atoms with Crippen LogP contribution in [0, 0.1) is 0 Å². The SMILES string of the molecule is CNC(=O)NC(=O)COC(=O)CNC(=O)COc1ccccc1. The van der Waals surface area contributed by atoms with Gasteiger partial charge in [-0.3, -0.25) is 19.7 Å². The lowest BCUT2D eigenvalue weighted by Gasteiger charge is -2.08. The molecule has 0 heterocycles. The highest BCUT2D eigenvalue weighted by atomic mass is 16.5. The molecule has 9 nitrogen and oxygen atoms in total. The second kappa shape index (κ2) is 9.77. The zero-order chi connectivity index (χ0) is 17.1. The van der Waals surface area contributed by atoms with Gasteiger partial charge in [0.15, 0.2) is 13.2 Å². The van der Waals surface area contributed by atoms with E-state index in [1.54, 1.807) is 24.3 Å². The average Bonchev–Trinajstić information content (AvgIpc) is 2.57. The lowest BCUT2D eigenvalue weighted by atomic mass is 10.3. The summed E-state index contributed by atoms with van der Waals surface area (Å²) in [4.78, 5) is 44.8. The molecule has 0 aliphatic rings. The van der Waals surface area contributed by atoms with Crippen molar-refractivity contribution in [1.82, 2.24) is 16.0 Å². The fourth-order valence-electron chi connectivity index (χ4n) is 1.31. The molecular formula is C14H17N3O6. The third-order valence-corrected chi connectivity index (χ3v) is 2.39. The summed E-state index contributed by atoms with van der Waals surface area (Å²) in [5, 5.41) is 6.36. The Morgan fingerprint density at radius 3 is 2.35 bits per heavy atom. The van der Waals surface area contributed by atoms with Crippen LogP contribution < -0.4 is 20.7 Å². The number of hydrogen-bond acceptors (Lipinski definition) is 6. The van der Waals surface area contributed by atoms with Crippen molar-refractivity contribution in [2.24, 2.45) is 0 Å². The number of nitrogens with one attached hydrogen (secondary N) is 3. The fraction of sp³-hybridized carbons (Fsp3) is 0.286. The molecule has 1 rings (SSSR count). The summed E-state index contributed by atoms with van der Waals surface area (Å²) in [5.41, 5.74) is 0.